The Kier molecular flexibility index (Phi) is 3.38. The molecule has 0 radical (unpaired) electrons. The van der Waals surface area contributed by atoms with Crippen molar-refractivity contribution in [3.63, 3.8) is 0 Å². The minimum absolute atomic E-state index is 0.122. The predicted molar refractivity (Wildman–Crippen MR) is 57.3 cm³/mol. The molecule has 0 amide bonds. The van der Waals surface area contributed by atoms with Crippen LogP contribution >= 0.6 is 15.9 Å². The fourth-order valence-corrected chi connectivity index (χ4v) is 1.71. The van der Waals surface area contributed by atoms with E-state index in [1.165, 1.54) is 12.1 Å². The molecular weight excluding hydrogens is 320 g/mol. The van der Waals surface area contributed by atoms with Gasteiger partial charge in [0.2, 0.25) is 5.82 Å². The maximum absolute atomic E-state index is 13.4. The smallest absolute Gasteiger partial charge is 0.329 e. The molecule has 1 aromatic heterocycles. The van der Waals surface area contributed by atoms with Gasteiger partial charge in [-0.05, 0) is 11.6 Å². The molecule has 0 aliphatic heterocycles. The lowest BCUT2D eigenvalue weighted by atomic mass is 10.1. The quantitative estimate of drug-likeness (QED) is 0.623. The molecule has 0 aliphatic carbocycles. The Bertz CT molecular complexity index is 567. The van der Waals surface area contributed by atoms with Crippen LogP contribution in [-0.2, 0) is 11.5 Å². The Balaban J connectivity index is 2.38. The third-order valence-corrected chi connectivity index (χ3v) is 2.73. The van der Waals surface area contributed by atoms with E-state index < -0.39 is 17.9 Å². The van der Waals surface area contributed by atoms with Crippen molar-refractivity contribution >= 4 is 15.9 Å². The fourth-order valence-electron chi connectivity index (χ4n) is 1.25. The first-order valence-corrected chi connectivity index (χ1v) is 5.79. The molecule has 1 heterocycles. The lowest BCUT2D eigenvalue weighted by molar-refractivity contribution is -0.159. The summed E-state index contributed by atoms with van der Waals surface area (Å²) in [5.74, 6) is -2.31. The summed E-state index contributed by atoms with van der Waals surface area (Å²) in [7, 11) is 0. The summed E-state index contributed by atoms with van der Waals surface area (Å²) in [4.78, 5) is 3.17. The molecule has 2 aromatic rings. The first kappa shape index (κ1) is 13.0. The average Bonchev–Trinajstić information content (AvgIpc) is 2.77. The number of benzene rings is 1. The van der Waals surface area contributed by atoms with Crippen molar-refractivity contribution in [3.8, 4) is 11.4 Å². The summed E-state index contributed by atoms with van der Waals surface area (Å²) in [6, 6.07) is 3.91. The van der Waals surface area contributed by atoms with E-state index in [-0.39, 0.29) is 11.4 Å². The van der Waals surface area contributed by atoms with Crippen LogP contribution in [0.1, 0.15) is 11.5 Å². The molecule has 0 fully saturated rings. The van der Waals surface area contributed by atoms with Gasteiger partial charge in [0.25, 0.3) is 0 Å². The summed E-state index contributed by atoms with van der Waals surface area (Å²) in [5, 5.41) is 3.47. The third-order valence-electron chi connectivity index (χ3n) is 2.12. The van der Waals surface area contributed by atoms with Gasteiger partial charge in [0.1, 0.15) is 5.82 Å². The lowest BCUT2D eigenvalue weighted by Gasteiger charge is -2.00. The Labute approximate surface area is 107 Å². The Morgan fingerprint density at radius 2 is 2.00 bits per heavy atom. The minimum Gasteiger partial charge on any atom is -0.329 e. The number of alkyl halides is 4. The Morgan fingerprint density at radius 3 is 2.50 bits per heavy atom. The van der Waals surface area contributed by atoms with Gasteiger partial charge in [0.05, 0.1) is 0 Å². The van der Waals surface area contributed by atoms with Gasteiger partial charge in [-0.1, -0.05) is 33.2 Å². The molecule has 0 N–H and O–H groups in total. The highest BCUT2D eigenvalue weighted by Crippen LogP contribution is 2.29. The second-order valence-corrected chi connectivity index (χ2v) is 3.92. The van der Waals surface area contributed by atoms with E-state index in [0.717, 1.165) is 6.07 Å². The Hall–Kier alpha value is -1.44. The Morgan fingerprint density at radius 1 is 1.28 bits per heavy atom. The number of hydrogen-bond donors (Lipinski definition) is 0. The van der Waals surface area contributed by atoms with Crippen LogP contribution in [0.25, 0.3) is 11.4 Å². The molecule has 0 bridgehead atoms. The summed E-state index contributed by atoms with van der Waals surface area (Å²) < 4.78 is 54.2. The van der Waals surface area contributed by atoms with Gasteiger partial charge in [-0.3, -0.25) is 0 Å². The number of halogens is 5. The molecule has 0 saturated carbocycles. The highest BCUT2D eigenvalue weighted by molar-refractivity contribution is 9.08. The van der Waals surface area contributed by atoms with E-state index >= 15 is 0 Å². The SMILES string of the molecule is Fc1cc(-c2noc(C(F)(F)F)n2)ccc1CBr. The molecule has 96 valence electrons. The molecule has 0 spiro atoms. The first-order valence-electron chi connectivity index (χ1n) is 4.67. The van der Waals surface area contributed by atoms with Crippen LogP contribution in [0, 0.1) is 5.82 Å². The van der Waals surface area contributed by atoms with Gasteiger partial charge in [-0.2, -0.15) is 18.2 Å². The van der Waals surface area contributed by atoms with Crippen molar-refractivity contribution in [1.82, 2.24) is 10.1 Å². The van der Waals surface area contributed by atoms with Gasteiger partial charge in [0.15, 0.2) is 0 Å². The largest absolute Gasteiger partial charge is 0.471 e. The molecule has 0 atom stereocenters. The van der Waals surface area contributed by atoms with Gasteiger partial charge >= 0.3 is 12.1 Å². The maximum Gasteiger partial charge on any atom is 0.471 e. The number of aromatic nitrogens is 2. The zero-order valence-corrected chi connectivity index (χ0v) is 10.2. The molecular formula is C10H5BrF4N2O. The van der Waals surface area contributed by atoms with E-state index in [0.29, 0.717) is 10.9 Å². The van der Waals surface area contributed by atoms with E-state index in [1.807, 2.05) is 0 Å². The highest BCUT2D eigenvalue weighted by atomic mass is 79.9. The minimum atomic E-state index is -4.71. The van der Waals surface area contributed by atoms with Crippen molar-refractivity contribution < 1.29 is 22.1 Å². The van der Waals surface area contributed by atoms with Crippen LogP contribution in [0.2, 0.25) is 0 Å². The monoisotopic (exact) mass is 324 g/mol. The van der Waals surface area contributed by atoms with E-state index in [4.69, 9.17) is 0 Å². The molecule has 18 heavy (non-hydrogen) atoms. The maximum atomic E-state index is 13.4. The number of hydrogen-bond acceptors (Lipinski definition) is 3. The molecule has 8 heteroatoms. The van der Waals surface area contributed by atoms with Crippen LogP contribution in [0.15, 0.2) is 22.7 Å². The van der Waals surface area contributed by atoms with Crippen LogP contribution in [0.4, 0.5) is 17.6 Å². The standard InChI is InChI=1S/C10H5BrF4N2O/c11-4-6-2-1-5(3-7(6)12)8-16-9(18-17-8)10(13,14)15/h1-3H,4H2. The summed E-state index contributed by atoms with van der Waals surface area (Å²) in [6.07, 6.45) is -4.71. The molecule has 0 unspecified atom stereocenters. The van der Waals surface area contributed by atoms with E-state index in [9.17, 15) is 17.6 Å². The third kappa shape index (κ3) is 2.53. The van der Waals surface area contributed by atoms with Crippen LogP contribution in [-0.4, -0.2) is 10.1 Å². The predicted octanol–water partition coefficient (Wildman–Crippen LogP) is 3.79. The van der Waals surface area contributed by atoms with Gasteiger partial charge < -0.3 is 4.52 Å². The zero-order chi connectivity index (χ0) is 13.3. The topological polar surface area (TPSA) is 38.9 Å². The van der Waals surface area contributed by atoms with Gasteiger partial charge in [0, 0.05) is 10.9 Å². The molecule has 0 saturated heterocycles. The number of nitrogens with zero attached hydrogens (tertiary/aromatic N) is 2. The van der Waals surface area contributed by atoms with Gasteiger partial charge in [-0.25, -0.2) is 4.39 Å². The van der Waals surface area contributed by atoms with Crippen molar-refractivity contribution in [2.45, 2.75) is 11.5 Å². The van der Waals surface area contributed by atoms with Crippen molar-refractivity contribution in [1.29, 1.82) is 0 Å². The lowest BCUT2D eigenvalue weighted by Crippen LogP contribution is -2.04. The number of rotatable bonds is 2. The normalized spacial score (nSPS) is 11.8. The van der Waals surface area contributed by atoms with Crippen LogP contribution < -0.4 is 0 Å². The molecule has 3 nitrogen and oxygen atoms in total. The fraction of sp³-hybridized carbons (Fsp3) is 0.200. The second kappa shape index (κ2) is 4.68. The molecule has 2 rings (SSSR count). The van der Waals surface area contributed by atoms with E-state index in [1.54, 1.807) is 0 Å². The summed E-state index contributed by atoms with van der Waals surface area (Å²) >= 11 is 3.08. The van der Waals surface area contributed by atoms with Crippen molar-refractivity contribution in [3.05, 3.63) is 35.5 Å². The summed E-state index contributed by atoms with van der Waals surface area (Å²) in [6.45, 7) is 0. The van der Waals surface area contributed by atoms with Crippen LogP contribution in [0.3, 0.4) is 0 Å². The highest BCUT2D eigenvalue weighted by Gasteiger charge is 2.38. The molecule has 1 aromatic carbocycles. The molecule has 0 aliphatic rings. The van der Waals surface area contributed by atoms with E-state index in [2.05, 4.69) is 30.6 Å². The van der Waals surface area contributed by atoms with Gasteiger partial charge in [-0.15, -0.1) is 0 Å². The van der Waals surface area contributed by atoms with Crippen molar-refractivity contribution in [2.24, 2.45) is 0 Å². The first-order chi connectivity index (χ1) is 8.41. The average molecular weight is 325 g/mol. The zero-order valence-electron chi connectivity index (χ0n) is 8.63. The van der Waals surface area contributed by atoms with Crippen molar-refractivity contribution in [2.75, 3.05) is 0 Å². The van der Waals surface area contributed by atoms with Crippen LogP contribution in [0.5, 0.6) is 0 Å². The summed E-state index contributed by atoms with van der Waals surface area (Å²) in [5.41, 5.74) is 0.509. The second-order valence-electron chi connectivity index (χ2n) is 3.36.